The average Bonchev–Trinajstić information content (AvgIpc) is 2.64. The summed E-state index contributed by atoms with van der Waals surface area (Å²) >= 11 is 3.37. The first-order valence-corrected chi connectivity index (χ1v) is 8.89. The molecular weight excluding hydrogens is 429 g/mol. The molecule has 1 aliphatic heterocycles. The van der Waals surface area contributed by atoms with Crippen molar-refractivity contribution in [1.29, 1.82) is 0 Å². The quantitative estimate of drug-likeness (QED) is 0.736. The highest BCUT2D eigenvalue weighted by Crippen LogP contribution is 2.26. The van der Waals surface area contributed by atoms with Gasteiger partial charge in [-0.25, -0.2) is 9.18 Å². The summed E-state index contributed by atoms with van der Waals surface area (Å²) in [5, 5.41) is 2.56. The standard InChI is InChI=1S/C18H16BrF3N2O3/c19-12-3-1-11(2-4-12)16-10-24(7-8-26-16)18(25)23-13-5-6-15(14(20)9-13)27-17(21)22/h1-6,9,16-17H,7-8,10H2,(H,23,25). The van der Waals surface area contributed by atoms with Gasteiger partial charge >= 0.3 is 12.6 Å². The van der Waals surface area contributed by atoms with E-state index < -0.39 is 24.2 Å². The first-order valence-electron chi connectivity index (χ1n) is 8.10. The van der Waals surface area contributed by atoms with Crippen LogP contribution in [0.5, 0.6) is 5.75 Å². The van der Waals surface area contributed by atoms with Gasteiger partial charge in [-0.3, -0.25) is 0 Å². The molecule has 1 fully saturated rings. The number of ether oxygens (including phenoxy) is 2. The van der Waals surface area contributed by atoms with Gasteiger partial charge in [0, 0.05) is 22.8 Å². The molecule has 9 heteroatoms. The molecule has 144 valence electrons. The molecule has 2 amide bonds. The van der Waals surface area contributed by atoms with Crippen LogP contribution in [-0.2, 0) is 4.74 Å². The number of rotatable bonds is 4. The lowest BCUT2D eigenvalue weighted by atomic mass is 10.1. The molecule has 5 nitrogen and oxygen atoms in total. The summed E-state index contributed by atoms with van der Waals surface area (Å²) in [6, 6.07) is 10.4. The third kappa shape index (κ3) is 5.14. The van der Waals surface area contributed by atoms with Crippen molar-refractivity contribution in [2.45, 2.75) is 12.7 Å². The lowest BCUT2D eigenvalue weighted by molar-refractivity contribution is -0.0521. The Balaban J connectivity index is 1.63. The van der Waals surface area contributed by atoms with Crippen LogP contribution in [0.1, 0.15) is 11.7 Å². The predicted molar refractivity (Wildman–Crippen MR) is 96.5 cm³/mol. The summed E-state index contributed by atoms with van der Waals surface area (Å²) in [5.41, 5.74) is 1.08. The number of hydrogen-bond donors (Lipinski definition) is 1. The molecule has 1 atom stereocenters. The Morgan fingerprint density at radius 2 is 2.00 bits per heavy atom. The van der Waals surface area contributed by atoms with E-state index >= 15 is 0 Å². The topological polar surface area (TPSA) is 50.8 Å². The Labute approximate surface area is 162 Å². The van der Waals surface area contributed by atoms with E-state index in [2.05, 4.69) is 26.0 Å². The van der Waals surface area contributed by atoms with Crippen molar-refractivity contribution in [3.63, 3.8) is 0 Å². The Morgan fingerprint density at radius 3 is 2.67 bits per heavy atom. The molecule has 0 saturated carbocycles. The van der Waals surface area contributed by atoms with Gasteiger partial charge in [0.05, 0.1) is 13.2 Å². The molecule has 2 aromatic carbocycles. The zero-order chi connectivity index (χ0) is 19.4. The number of amides is 2. The average molecular weight is 445 g/mol. The summed E-state index contributed by atoms with van der Waals surface area (Å²) in [6.07, 6.45) is -0.267. The van der Waals surface area contributed by atoms with Gasteiger partial charge in [0.15, 0.2) is 11.6 Å². The molecule has 1 N–H and O–H groups in total. The maximum Gasteiger partial charge on any atom is 0.387 e. The Hall–Kier alpha value is -2.26. The minimum absolute atomic E-state index is 0.144. The van der Waals surface area contributed by atoms with E-state index in [1.54, 1.807) is 4.90 Å². The molecule has 2 aromatic rings. The zero-order valence-corrected chi connectivity index (χ0v) is 15.6. The highest BCUT2D eigenvalue weighted by molar-refractivity contribution is 9.10. The first-order chi connectivity index (χ1) is 12.9. The van der Waals surface area contributed by atoms with Gasteiger partial charge in [-0.2, -0.15) is 8.78 Å². The van der Waals surface area contributed by atoms with Gasteiger partial charge in [0.1, 0.15) is 6.10 Å². The van der Waals surface area contributed by atoms with Crippen molar-refractivity contribution in [3.05, 3.63) is 58.3 Å². The predicted octanol–water partition coefficient (Wildman–Crippen LogP) is 4.80. The van der Waals surface area contributed by atoms with E-state index in [1.165, 1.54) is 6.07 Å². The molecule has 1 saturated heterocycles. The van der Waals surface area contributed by atoms with E-state index in [0.717, 1.165) is 22.2 Å². The second-order valence-corrected chi connectivity index (χ2v) is 6.73. The zero-order valence-electron chi connectivity index (χ0n) is 14.0. The highest BCUT2D eigenvalue weighted by atomic mass is 79.9. The van der Waals surface area contributed by atoms with Crippen molar-refractivity contribution in [2.75, 3.05) is 25.0 Å². The van der Waals surface area contributed by atoms with Crippen LogP contribution >= 0.6 is 15.9 Å². The van der Waals surface area contributed by atoms with E-state index in [-0.39, 0.29) is 11.8 Å². The SMILES string of the molecule is O=C(Nc1ccc(OC(F)F)c(F)c1)N1CCOC(c2ccc(Br)cc2)C1. The molecule has 0 bridgehead atoms. The van der Waals surface area contributed by atoms with Crippen LogP contribution in [0.15, 0.2) is 46.9 Å². The molecule has 0 aliphatic carbocycles. The lowest BCUT2D eigenvalue weighted by Crippen LogP contribution is -2.44. The number of anilines is 1. The van der Waals surface area contributed by atoms with Crippen molar-refractivity contribution in [2.24, 2.45) is 0 Å². The van der Waals surface area contributed by atoms with E-state index in [1.807, 2.05) is 24.3 Å². The van der Waals surface area contributed by atoms with Crippen LogP contribution < -0.4 is 10.1 Å². The first kappa shape index (κ1) is 19.5. The number of alkyl halides is 2. The normalized spacial score (nSPS) is 17.1. The van der Waals surface area contributed by atoms with Gasteiger partial charge < -0.3 is 19.7 Å². The Kier molecular flexibility index (Phi) is 6.22. The van der Waals surface area contributed by atoms with Crippen molar-refractivity contribution >= 4 is 27.6 Å². The van der Waals surface area contributed by atoms with Gasteiger partial charge in [0.2, 0.25) is 0 Å². The molecular formula is C18H16BrF3N2O3. The largest absolute Gasteiger partial charge is 0.432 e. The monoisotopic (exact) mass is 444 g/mol. The van der Waals surface area contributed by atoms with Gasteiger partial charge in [-0.1, -0.05) is 28.1 Å². The van der Waals surface area contributed by atoms with Gasteiger partial charge in [0.25, 0.3) is 0 Å². The third-order valence-electron chi connectivity index (χ3n) is 3.99. The van der Waals surface area contributed by atoms with Crippen LogP contribution in [-0.4, -0.2) is 37.2 Å². The fourth-order valence-electron chi connectivity index (χ4n) is 2.69. The molecule has 27 heavy (non-hydrogen) atoms. The minimum atomic E-state index is -3.12. The van der Waals surface area contributed by atoms with Crippen LogP contribution in [0.3, 0.4) is 0 Å². The lowest BCUT2D eigenvalue weighted by Gasteiger charge is -2.33. The summed E-state index contributed by atoms with van der Waals surface area (Å²) in [4.78, 5) is 14.0. The summed E-state index contributed by atoms with van der Waals surface area (Å²) < 4.78 is 48.8. The summed E-state index contributed by atoms with van der Waals surface area (Å²) in [5.74, 6) is -1.56. The molecule has 0 aromatic heterocycles. The van der Waals surface area contributed by atoms with Crippen molar-refractivity contribution in [3.8, 4) is 5.75 Å². The van der Waals surface area contributed by atoms with Crippen LogP contribution in [0.4, 0.5) is 23.7 Å². The molecule has 1 heterocycles. The number of carbonyl (C=O) groups excluding carboxylic acids is 1. The second-order valence-electron chi connectivity index (χ2n) is 5.81. The molecule has 0 spiro atoms. The summed E-state index contributed by atoms with van der Waals surface area (Å²) in [6.45, 7) is -2.04. The molecule has 1 unspecified atom stereocenters. The van der Waals surface area contributed by atoms with Crippen molar-refractivity contribution < 1.29 is 27.4 Å². The van der Waals surface area contributed by atoms with Crippen LogP contribution in [0.2, 0.25) is 0 Å². The fraction of sp³-hybridized carbons (Fsp3) is 0.278. The second kappa shape index (κ2) is 8.62. The third-order valence-corrected chi connectivity index (χ3v) is 4.52. The van der Waals surface area contributed by atoms with Crippen LogP contribution in [0.25, 0.3) is 0 Å². The number of urea groups is 1. The number of nitrogens with one attached hydrogen (secondary N) is 1. The Bertz CT molecular complexity index is 805. The number of halogens is 4. The number of morpholine rings is 1. The number of nitrogens with zero attached hydrogens (tertiary/aromatic N) is 1. The van der Waals surface area contributed by atoms with E-state index in [9.17, 15) is 18.0 Å². The maximum atomic E-state index is 13.8. The van der Waals surface area contributed by atoms with Crippen molar-refractivity contribution in [1.82, 2.24) is 4.90 Å². The van der Waals surface area contributed by atoms with Gasteiger partial charge in [-0.15, -0.1) is 0 Å². The molecule has 0 radical (unpaired) electrons. The highest BCUT2D eigenvalue weighted by Gasteiger charge is 2.25. The summed E-state index contributed by atoms with van der Waals surface area (Å²) in [7, 11) is 0. The fourth-order valence-corrected chi connectivity index (χ4v) is 2.95. The van der Waals surface area contributed by atoms with Crippen LogP contribution in [0, 0.1) is 5.82 Å². The Morgan fingerprint density at radius 1 is 1.26 bits per heavy atom. The number of benzene rings is 2. The van der Waals surface area contributed by atoms with E-state index in [4.69, 9.17) is 4.74 Å². The van der Waals surface area contributed by atoms with Gasteiger partial charge in [-0.05, 0) is 29.8 Å². The maximum absolute atomic E-state index is 13.8. The number of carbonyl (C=O) groups is 1. The minimum Gasteiger partial charge on any atom is -0.432 e. The van der Waals surface area contributed by atoms with E-state index in [0.29, 0.717) is 19.7 Å². The smallest absolute Gasteiger partial charge is 0.387 e. The molecule has 3 rings (SSSR count). The molecule has 1 aliphatic rings. The number of hydrogen-bond acceptors (Lipinski definition) is 3.